The van der Waals surface area contributed by atoms with Crippen molar-refractivity contribution < 1.29 is 14.3 Å². The summed E-state index contributed by atoms with van der Waals surface area (Å²) < 4.78 is 12.8. The van der Waals surface area contributed by atoms with Crippen LogP contribution in [-0.2, 0) is 6.54 Å². The molecule has 0 N–H and O–H groups in total. The lowest BCUT2D eigenvalue weighted by molar-refractivity contribution is 0.101. The number of hydrogen-bond acceptors (Lipinski definition) is 4. The highest BCUT2D eigenvalue weighted by Gasteiger charge is 2.08. The summed E-state index contributed by atoms with van der Waals surface area (Å²) in [6, 6.07) is 5.18. The van der Waals surface area contributed by atoms with Gasteiger partial charge in [0.1, 0.15) is 6.61 Å². The minimum Gasteiger partial charge on any atom is -0.493 e. The molecule has 19 heavy (non-hydrogen) atoms. The van der Waals surface area contributed by atoms with Gasteiger partial charge >= 0.3 is 0 Å². The maximum absolute atomic E-state index is 11.3. The molecule has 0 bridgehead atoms. The highest BCUT2D eigenvalue weighted by molar-refractivity contribution is 5.94. The van der Waals surface area contributed by atoms with E-state index in [4.69, 9.17) is 9.47 Å². The lowest BCUT2D eigenvalue weighted by Crippen LogP contribution is -2.07. The quantitative estimate of drug-likeness (QED) is 0.747. The average Bonchev–Trinajstić information content (AvgIpc) is 2.92. The molecule has 0 radical (unpaired) electrons. The number of imidazole rings is 1. The number of aromatic nitrogens is 2. The van der Waals surface area contributed by atoms with Crippen molar-refractivity contribution in [3.63, 3.8) is 0 Å². The Balaban J connectivity index is 2.01. The van der Waals surface area contributed by atoms with Crippen LogP contribution in [0.4, 0.5) is 0 Å². The maximum atomic E-state index is 11.3. The fourth-order valence-corrected chi connectivity index (χ4v) is 1.69. The van der Waals surface area contributed by atoms with Crippen molar-refractivity contribution in [1.29, 1.82) is 0 Å². The number of rotatable bonds is 6. The van der Waals surface area contributed by atoms with Crippen molar-refractivity contribution >= 4 is 5.78 Å². The number of methoxy groups -OCH3 is 1. The van der Waals surface area contributed by atoms with E-state index in [0.29, 0.717) is 30.2 Å². The number of Topliss-reactive ketones (excluding diaryl/α,β-unsaturated/α-hetero) is 1. The number of carbonyl (C=O) groups is 1. The van der Waals surface area contributed by atoms with Gasteiger partial charge < -0.3 is 14.0 Å². The summed E-state index contributed by atoms with van der Waals surface area (Å²) >= 11 is 0. The number of hydrogen-bond donors (Lipinski definition) is 0. The summed E-state index contributed by atoms with van der Waals surface area (Å²) in [7, 11) is 1.56. The normalized spacial score (nSPS) is 10.2. The number of ketones is 1. The molecule has 5 heteroatoms. The zero-order valence-corrected chi connectivity index (χ0v) is 11.0. The van der Waals surface area contributed by atoms with E-state index in [1.807, 2.05) is 10.8 Å². The molecule has 0 atom stereocenters. The van der Waals surface area contributed by atoms with Gasteiger partial charge in [0.05, 0.1) is 20.0 Å². The van der Waals surface area contributed by atoms with Crippen molar-refractivity contribution in [2.45, 2.75) is 13.5 Å². The van der Waals surface area contributed by atoms with Gasteiger partial charge in [-0.05, 0) is 25.1 Å². The van der Waals surface area contributed by atoms with Crippen LogP contribution in [0.1, 0.15) is 17.3 Å². The molecule has 0 aliphatic carbocycles. The second kappa shape index (κ2) is 6.04. The first-order valence-electron chi connectivity index (χ1n) is 5.98. The van der Waals surface area contributed by atoms with Crippen LogP contribution in [0.2, 0.25) is 0 Å². The summed E-state index contributed by atoms with van der Waals surface area (Å²) in [6.45, 7) is 2.73. The van der Waals surface area contributed by atoms with Gasteiger partial charge in [0.15, 0.2) is 17.3 Å². The molecule has 0 spiro atoms. The second-order valence-electron chi connectivity index (χ2n) is 4.07. The van der Waals surface area contributed by atoms with Crippen LogP contribution in [0, 0.1) is 0 Å². The van der Waals surface area contributed by atoms with Crippen molar-refractivity contribution in [2.75, 3.05) is 13.7 Å². The molecule has 2 aromatic rings. The number of benzene rings is 1. The van der Waals surface area contributed by atoms with E-state index < -0.39 is 0 Å². The molecule has 5 nitrogen and oxygen atoms in total. The van der Waals surface area contributed by atoms with Gasteiger partial charge in [0.2, 0.25) is 0 Å². The number of nitrogens with zero attached hydrogens (tertiary/aromatic N) is 2. The highest BCUT2D eigenvalue weighted by Crippen LogP contribution is 2.28. The zero-order chi connectivity index (χ0) is 13.7. The topological polar surface area (TPSA) is 53.4 Å². The van der Waals surface area contributed by atoms with E-state index in [9.17, 15) is 4.79 Å². The number of ether oxygens (including phenoxy) is 2. The van der Waals surface area contributed by atoms with Gasteiger partial charge in [-0.25, -0.2) is 4.98 Å². The van der Waals surface area contributed by atoms with Gasteiger partial charge in [-0.1, -0.05) is 0 Å². The fourth-order valence-electron chi connectivity index (χ4n) is 1.69. The summed E-state index contributed by atoms with van der Waals surface area (Å²) in [6.07, 6.45) is 5.33. The highest BCUT2D eigenvalue weighted by atomic mass is 16.5. The lowest BCUT2D eigenvalue weighted by Gasteiger charge is -2.11. The summed E-state index contributed by atoms with van der Waals surface area (Å²) in [4.78, 5) is 15.2. The fraction of sp³-hybridized carbons (Fsp3) is 0.286. The van der Waals surface area contributed by atoms with Crippen LogP contribution in [0.25, 0.3) is 0 Å². The van der Waals surface area contributed by atoms with Crippen molar-refractivity contribution in [3.05, 3.63) is 42.5 Å². The molecule has 1 heterocycles. The summed E-state index contributed by atoms with van der Waals surface area (Å²) in [5, 5.41) is 0. The van der Waals surface area contributed by atoms with Crippen LogP contribution in [0.15, 0.2) is 36.9 Å². The Morgan fingerprint density at radius 2 is 2.21 bits per heavy atom. The Kier molecular flexibility index (Phi) is 4.18. The minimum absolute atomic E-state index is 0.00302. The standard InChI is InChI=1S/C14H16N2O3/c1-11(17)12-3-4-13(14(9-12)18-2)19-8-7-16-6-5-15-10-16/h3-6,9-10H,7-8H2,1-2H3. The van der Waals surface area contributed by atoms with E-state index in [-0.39, 0.29) is 5.78 Å². The third-order valence-electron chi connectivity index (χ3n) is 2.74. The largest absolute Gasteiger partial charge is 0.493 e. The molecule has 1 aromatic carbocycles. The van der Waals surface area contributed by atoms with Crippen LogP contribution < -0.4 is 9.47 Å². The smallest absolute Gasteiger partial charge is 0.161 e. The molecule has 0 aliphatic heterocycles. The Labute approximate surface area is 111 Å². The van der Waals surface area contributed by atoms with Gasteiger partial charge in [0, 0.05) is 18.0 Å². The lowest BCUT2D eigenvalue weighted by atomic mass is 10.1. The monoisotopic (exact) mass is 260 g/mol. The molecular formula is C14H16N2O3. The van der Waals surface area contributed by atoms with Crippen LogP contribution in [-0.4, -0.2) is 29.1 Å². The van der Waals surface area contributed by atoms with E-state index in [0.717, 1.165) is 0 Å². The summed E-state index contributed by atoms with van der Waals surface area (Å²) in [5.74, 6) is 1.20. The van der Waals surface area contributed by atoms with Crippen molar-refractivity contribution in [3.8, 4) is 11.5 Å². The van der Waals surface area contributed by atoms with E-state index in [1.54, 1.807) is 37.8 Å². The third-order valence-corrected chi connectivity index (χ3v) is 2.74. The molecule has 1 aromatic heterocycles. The van der Waals surface area contributed by atoms with Gasteiger partial charge in [-0.15, -0.1) is 0 Å². The van der Waals surface area contributed by atoms with Crippen LogP contribution in [0.3, 0.4) is 0 Å². The predicted octanol–water partition coefficient (Wildman–Crippen LogP) is 2.17. The predicted molar refractivity (Wildman–Crippen MR) is 70.7 cm³/mol. The van der Waals surface area contributed by atoms with Crippen molar-refractivity contribution in [1.82, 2.24) is 9.55 Å². The minimum atomic E-state index is 0.00302. The average molecular weight is 260 g/mol. The molecule has 0 unspecified atom stereocenters. The first-order valence-corrected chi connectivity index (χ1v) is 5.98. The van der Waals surface area contributed by atoms with E-state index >= 15 is 0 Å². The van der Waals surface area contributed by atoms with Gasteiger partial charge in [0.25, 0.3) is 0 Å². The SMILES string of the molecule is COc1cc(C(C)=O)ccc1OCCn1ccnc1. The maximum Gasteiger partial charge on any atom is 0.161 e. The molecule has 2 rings (SSSR count). The molecule has 0 saturated heterocycles. The first-order chi connectivity index (χ1) is 9.20. The Hall–Kier alpha value is -2.30. The second-order valence-corrected chi connectivity index (χ2v) is 4.07. The van der Waals surface area contributed by atoms with E-state index in [2.05, 4.69) is 4.98 Å². The summed E-state index contributed by atoms with van der Waals surface area (Å²) in [5.41, 5.74) is 0.610. The van der Waals surface area contributed by atoms with Crippen LogP contribution >= 0.6 is 0 Å². The van der Waals surface area contributed by atoms with Gasteiger partial charge in [-0.3, -0.25) is 4.79 Å². The molecule has 0 saturated carbocycles. The Morgan fingerprint density at radius 3 is 2.84 bits per heavy atom. The van der Waals surface area contributed by atoms with Gasteiger partial charge in [-0.2, -0.15) is 0 Å². The number of carbonyl (C=O) groups excluding carboxylic acids is 1. The molecule has 0 amide bonds. The Bertz CT molecular complexity index is 550. The molecule has 0 aliphatic rings. The third kappa shape index (κ3) is 3.34. The van der Waals surface area contributed by atoms with Crippen molar-refractivity contribution in [2.24, 2.45) is 0 Å². The Morgan fingerprint density at radius 1 is 1.37 bits per heavy atom. The molecule has 100 valence electrons. The zero-order valence-electron chi connectivity index (χ0n) is 11.0. The molecule has 0 fully saturated rings. The first kappa shape index (κ1) is 13.1. The molecular weight excluding hydrogens is 244 g/mol. The van der Waals surface area contributed by atoms with Crippen LogP contribution in [0.5, 0.6) is 11.5 Å². The van der Waals surface area contributed by atoms with E-state index in [1.165, 1.54) is 6.92 Å².